The van der Waals surface area contributed by atoms with Crippen molar-refractivity contribution in [3.8, 4) is 10.4 Å². The van der Waals surface area contributed by atoms with Gasteiger partial charge in [-0.25, -0.2) is 9.97 Å². The topological polar surface area (TPSA) is 54.9 Å². The molecule has 26 heavy (non-hydrogen) atoms. The zero-order chi connectivity index (χ0) is 18.1. The molecular weight excluding hydrogens is 365 g/mol. The van der Waals surface area contributed by atoms with Gasteiger partial charge in [0.2, 0.25) is 12.0 Å². The Labute approximate surface area is 161 Å². The molecule has 3 aromatic rings. The fourth-order valence-corrected chi connectivity index (χ4v) is 4.50. The number of fused-ring (bicyclic) bond motifs is 1. The molecule has 0 radical (unpaired) electrons. The lowest BCUT2D eigenvalue weighted by Gasteiger charge is -2.16. The van der Waals surface area contributed by atoms with E-state index in [9.17, 15) is 4.79 Å². The van der Waals surface area contributed by atoms with E-state index in [0.29, 0.717) is 12.6 Å². The number of nitrogens with zero attached hydrogens (tertiary/aromatic N) is 2. The number of hydrogen-bond donors (Lipinski definition) is 1. The quantitative estimate of drug-likeness (QED) is 0.402. The van der Waals surface area contributed by atoms with Gasteiger partial charge in [0.1, 0.15) is 5.82 Å². The molecule has 3 heterocycles. The van der Waals surface area contributed by atoms with E-state index in [0.717, 1.165) is 23.3 Å². The van der Waals surface area contributed by atoms with Gasteiger partial charge in [-0.2, -0.15) is 0 Å². The van der Waals surface area contributed by atoms with Crippen LogP contribution in [0.1, 0.15) is 29.1 Å². The summed E-state index contributed by atoms with van der Waals surface area (Å²) in [4.78, 5) is 22.3. The van der Waals surface area contributed by atoms with Crippen molar-refractivity contribution < 1.29 is 4.79 Å². The van der Waals surface area contributed by atoms with Gasteiger partial charge in [-0.3, -0.25) is 0 Å². The second kappa shape index (κ2) is 7.21. The maximum atomic E-state index is 11.2. The van der Waals surface area contributed by atoms with Crippen LogP contribution in [-0.2, 0) is 17.4 Å². The van der Waals surface area contributed by atoms with E-state index in [4.69, 9.17) is 11.6 Å². The number of carbonyl (C=O) groups is 1. The van der Waals surface area contributed by atoms with E-state index in [2.05, 4.69) is 46.5 Å². The third kappa shape index (κ3) is 3.39. The zero-order valence-electron chi connectivity index (χ0n) is 14.3. The summed E-state index contributed by atoms with van der Waals surface area (Å²) in [5, 5.41) is 3.69. The Bertz CT molecular complexity index is 947. The lowest BCUT2D eigenvalue weighted by atomic mass is 9.49. The average molecular weight is 382 g/mol. The monoisotopic (exact) mass is 381 g/mol. The molecule has 4 nitrogen and oxygen atoms in total. The number of aromatic nitrogens is 2. The van der Waals surface area contributed by atoms with Crippen LogP contribution in [0.5, 0.6) is 0 Å². The molecule has 1 atom stereocenters. The molecule has 0 amide bonds. The standard InChI is InChI=1S/C19H17BClN3OS/c1-12(16-7-8-17(26-16)13-5-3-2-4-6-13)22-18-14-9-20(11-25)10-15(14)23-19(21)24-18/h2-8,11-12H,9-10H2,1H3,(H,22,23,24). The van der Waals surface area contributed by atoms with E-state index in [1.165, 1.54) is 15.3 Å². The number of halogens is 1. The van der Waals surface area contributed by atoms with Crippen LogP contribution in [0.2, 0.25) is 5.28 Å². The molecule has 4 rings (SSSR count). The molecule has 0 fully saturated rings. The number of anilines is 1. The third-order valence-electron chi connectivity index (χ3n) is 4.64. The SMILES string of the molecule is CC(Nc1nc(Cl)nc2c1CB(C=O)C2)c1ccc(-c2ccccc2)s1. The predicted octanol–water partition coefficient (Wildman–Crippen LogP) is 4.48. The summed E-state index contributed by atoms with van der Waals surface area (Å²) in [5.41, 5.74) is 3.11. The Morgan fingerprint density at radius 2 is 2.00 bits per heavy atom. The average Bonchev–Trinajstić information content (AvgIpc) is 3.29. The number of benzene rings is 1. The molecule has 0 spiro atoms. The normalized spacial score (nSPS) is 14.2. The molecule has 7 heteroatoms. The van der Waals surface area contributed by atoms with Crippen LogP contribution in [0.15, 0.2) is 42.5 Å². The minimum absolute atomic E-state index is 0.0277. The van der Waals surface area contributed by atoms with Crippen molar-refractivity contribution in [1.29, 1.82) is 0 Å². The maximum Gasteiger partial charge on any atom is 0.229 e. The Morgan fingerprint density at radius 3 is 2.77 bits per heavy atom. The van der Waals surface area contributed by atoms with Gasteiger partial charge in [-0.15, -0.1) is 11.3 Å². The Balaban J connectivity index is 1.57. The molecule has 0 saturated carbocycles. The summed E-state index contributed by atoms with van der Waals surface area (Å²) in [6.07, 6.45) is 2.31. The van der Waals surface area contributed by atoms with Crippen molar-refractivity contribution >= 4 is 41.7 Å². The number of hydrogen-bond acceptors (Lipinski definition) is 5. The minimum atomic E-state index is -0.0277. The highest BCUT2D eigenvalue weighted by atomic mass is 35.5. The molecule has 1 unspecified atom stereocenters. The maximum absolute atomic E-state index is 11.2. The zero-order valence-corrected chi connectivity index (χ0v) is 15.8. The highest BCUT2D eigenvalue weighted by molar-refractivity contribution is 7.15. The van der Waals surface area contributed by atoms with Gasteiger partial charge in [-0.05, 0) is 48.9 Å². The first-order valence-corrected chi connectivity index (χ1v) is 9.75. The summed E-state index contributed by atoms with van der Waals surface area (Å²) in [5.74, 6) is 0.742. The molecule has 0 bridgehead atoms. The Morgan fingerprint density at radius 1 is 1.19 bits per heavy atom. The predicted molar refractivity (Wildman–Crippen MR) is 109 cm³/mol. The largest absolute Gasteiger partial charge is 0.362 e. The summed E-state index contributed by atoms with van der Waals surface area (Å²) in [7, 11) is 0. The first-order chi connectivity index (χ1) is 12.6. The highest BCUT2D eigenvalue weighted by Gasteiger charge is 2.30. The molecular formula is C19H17BClN3OS. The van der Waals surface area contributed by atoms with Crippen molar-refractivity contribution in [2.75, 3.05) is 5.32 Å². The van der Waals surface area contributed by atoms with E-state index in [1.54, 1.807) is 11.3 Å². The molecule has 0 aliphatic carbocycles. The van der Waals surface area contributed by atoms with Gasteiger partial charge in [0.25, 0.3) is 0 Å². The second-order valence-corrected chi connectivity index (χ2v) is 7.96. The Hall–Kier alpha value is -2.18. The molecule has 1 aliphatic heterocycles. The molecule has 1 aliphatic rings. The van der Waals surface area contributed by atoms with Crippen LogP contribution in [0.4, 0.5) is 5.82 Å². The first-order valence-electron chi connectivity index (χ1n) is 8.56. The first kappa shape index (κ1) is 17.2. The van der Waals surface area contributed by atoms with Crippen LogP contribution >= 0.6 is 22.9 Å². The van der Waals surface area contributed by atoms with E-state index in [-0.39, 0.29) is 18.0 Å². The van der Waals surface area contributed by atoms with Gasteiger partial charge in [0.05, 0.1) is 12.2 Å². The van der Waals surface area contributed by atoms with Crippen LogP contribution in [0, 0.1) is 0 Å². The number of rotatable bonds is 5. The van der Waals surface area contributed by atoms with Crippen LogP contribution in [0.25, 0.3) is 10.4 Å². The molecule has 1 aromatic carbocycles. The summed E-state index contributed by atoms with van der Waals surface area (Å²) < 4.78 is 0. The van der Waals surface area contributed by atoms with Crippen molar-refractivity contribution in [3.63, 3.8) is 0 Å². The summed E-state index contributed by atoms with van der Waals surface area (Å²) in [6.45, 7) is 2.08. The van der Waals surface area contributed by atoms with Gasteiger partial charge >= 0.3 is 0 Å². The van der Waals surface area contributed by atoms with Gasteiger partial charge in [0.15, 0.2) is 0 Å². The Kier molecular flexibility index (Phi) is 4.79. The number of nitrogens with one attached hydrogen (secondary N) is 1. The van der Waals surface area contributed by atoms with Crippen LogP contribution in [-0.4, -0.2) is 22.9 Å². The lowest BCUT2D eigenvalue weighted by molar-refractivity contribution is 0.567. The molecule has 2 aromatic heterocycles. The minimum Gasteiger partial charge on any atom is -0.362 e. The fourth-order valence-electron chi connectivity index (χ4n) is 3.30. The summed E-state index contributed by atoms with van der Waals surface area (Å²) in [6, 6.07) is 14.7. The molecule has 0 saturated heterocycles. The third-order valence-corrected chi connectivity index (χ3v) is 6.13. The lowest BCUT2D eigenvalue weighted by Crippen LogP contribution is -2.16. The summed E-state index contributed by atoms with van der Waals surface area (Å²) >= 11 is 7.85. The van der Waals surface area contributed by atoms with Crippen molar-refractivity contribution in [1.82, 2.24) is 9.97 Å². The van der Waals surface area contributed by atoms with Crippen LogP contribution < -0.4 is 5.32 Å². The van der Waals surface area contributed by atoms with Gasteiger partial charge in [0, 0.05) is 21.0 Å². The highest BCUT2D eigenvalue weighted by Crippen LogP contribution is 2.34. The van der Waals surface area contributed by atoms with Crippen molar-refractivity contribution in [2.45, 2.75) is 25.6 Å². The second-order valence-electron chi connectivity index (χ2n) is 6.50. The van der Waals surface area contributed by atoms with E-state index < -0.39 is 0 Å². The number of carbonyl (C=O) groups excluding carboxylic acids is 1. The van der Waals surface area contributed by atoms with Gasteiger partial charge < -0.3 is 10.1 Å². The fraction of sp³-hybridized carbons (Fsp3) is 0.211. The van der Waals surface area contributed by atoms with Crippen LogP contribution in [0.3, 0.4) is 0 Å². The van der Waals surface area contributed by atoms with E-state index in [1.807, 2.05) is 18.2 Å². The van der Waals surface area contributed by atoms with Crippen molar-refractivity contribution in [3.05, 3.63) is 63.9 Å². The smallest absolute Gasteiger partial charge is 0.229 e. The van der Waals surface area contributed by atoms with E-state index >= 15 is 0 Å². The van der Waals surface area contributed by atoms with Gasteiger partial charge in [-0.1, -0.05) is 30.3 Å². The molecule has 1 N–H and O–H groups in total. The molecule has 130 valence electrons. The van der Waals surface area contributed by atoms with Crippen molar-refractivity contribution in [2.24, 2.45) is 0 Å². The number of thiophene rings is 1.